The second kappa shape index (κ2) is 10.0. The summed E-state index contributed by atoms with van der Waals surface area (Å²) in [6.45, 7) is 8.18. The number of piperidine rings is 1. The van der Waals surface area contributed by atoms with E-state index in [0.717, 1.165) is 38.2 Å². The molecule has 0 saturated carbocycles. The lowest BCUT2D eigenvalue weighted by molar-refractivity contribution is -0.115. The Balaban J connectivity index is 1.69. The maximum Gasteiger partial charge on any atom is 0.319 e. The lowest BCUT2D eigenvalue weighted by Gasteiger charge is -2.31. The van der Waals surface area contributed by atoms with Gasteiger partial charge in [-0.1, -0.05) is 13.8 Å². The van der Waals surface area contributed by atoms with Gasteiger partial charge in [-0.15, -0.1) is 0 Å². The molecule has 1 aliphatic heterocycles. The van der Waals surface area contributed by atoms with Crippen LogP contribution in [0.15, 0.2) is 24.3 Å². The molecule has 6 nitrogen and oxygen atoms in total. The van der Waals surface area contributed by atoms with Crippen LogP contribution in [-0.4, -0.2) is 43.0 Å². The number of likely N-dealkylation sites (tertiary alicyclic amines) is 1. The number of nitrogens with one attached hydrogen (secondary N) is 3. The molecule has 3 amide bonds. The highest BCUT2D eigenvalue weighted by Gasteiger charge is 2.18. The third-order valence-corrected chi connectivity index (χ3v) is 4.55. The first-order valence-corrected chi connectivity index (χ1v) is 9.27. The fourth-order valence-electron chi connectivity index (χ4n) is 3.03. The van der Waals surface area contributed by atoms with E-state index in [1.165, 1.54) is 13.0 Å². The Kier molecular flexibility index (Phi) is 7.73. The first kappa shape index (κ1) is 19.2. The number of hydrogen-bond acceptors (Lipinski definition) is 3. The summed E-state index contributed by atoms with van der Waals surface area (Å²) in [5.41, 5.74) is 1.45. The second-order valence-corrected chi connectivity index (χ2v) is 6.60. The van der Waals surface area contributed by atoms with Crippen molar-refractivity contribution in [1.29, 1.82) is 0 Å². The molecule has 0 bridgehead atoms. The van der Waals surface area contributed by atoms with Crippen LogP contribution in [0.4, 0.5) is 16.2 Å². The smallest absolute Gasteiger partial charge is 0.319 e. The molecule has 1 saturated heterocycles. The molecule has 1 aromatic carbocycles. The minimum absolute atomic E-state index is 0.0246. The van der Waals surface area contributed by atoms with Crippen LogP contribution in [0.5, 0.6) is 0 Å². The van der Waals surface area contributed by atoms with Crippen LogP contribution in [0.1, 0.15) is 39.5 Å². The first-order valence-electron chi connectivity index (χ1n) is 9.27. The molecule has 0 aliphatic carbocycles. The lowest BCUT2D eigenvalue weighted by atomic mass is 9.97. The van der Waals surface area contributed by atoms with Gasteiger partial charge in [0.05, 0.1) is 0 Å². The van der Waals surface area contributed by atoms with E-state index < -0.39 is 0 Å². The third kappa shape index (κ3) is 6.74. The number of hydrogen-bond donors (Lipinski definition) is 3. The topological polar surface area (TPSA) is 73.5 Å². The van der Waals surface area contributed by atoms with Crippen molar-refractivity contribution in [1.82, 2.24) is 10.2 Å². The van der Waals surface area contributed by atoms with E-state index in [9.17, 15) is 9.59 Å². The maximum absolute atomic E-state index is 12.0. The molecule has 0 unspecified atom stereocenters. The van der Waals surface area contributed by atoms with Gasteiger partial charge < -0.3 is 20.9 Å². The Labute approximate surface area is 150 Å². The molecule has 0 radical (unpaired) electrons. The predicted octanol–water partition coefficient (Wildman–Crippen LogP) is 3.28. The minimum Gasteiger partial charge on any atom is -0.338 e. The van der Waals surface area contributed by atoms with Gasteiger partial charge in [-0.25, -0.2) is 4.79 Å². The largest absolute Gasteiger partial charge is 0.338 e. The van der Waals surface area contributed by atoms with Crippen molar-refractivity contribution in [2.45, 2.75) is 39.5 Å². The SMILES string of the molecule is CCCN1CCC(CNC(=O)Nc2ccc(NC(=O)CC)cc2)CC1. The van der Waals surface area contributed by atoms with Crippen molar-refractivity contribution >= 4 is 23.3 Å². The standard InChI is InChI=1S/C19H30N4O2/c1-3-11-23-12-9-15(10-13-23)14-20-19(25)22-17-7-5-16(6-8-17)21-18(24)4-2/h5-8,15H,3-4,9-14H2,1-2H3,(H,21,24)(H2,20,22,25). The van der Waals surface area contributed by atoms with Gasteiger partial charge in [0.25, 0.3) is 0 Å². The summed E-state index contributed by atoms with van der Waals surface area (Å²) in [6.07, 6.45) is 3.93. The van der Waals surface area contributed by atoms with Crippen molar-refractivity contribution in [3.8, 4) is 0 Å². The van der Waals surface area contributed by atoms with Crippen LogP contribution in [-0.2, 0) is 4.79 Å². The summed E-state index contributed by atoms with van der Waals surface area (Å²) in [7, 11) is 0. The quantitative estimate of drug-likeness (QED) is 0.709. The Morgan fingerprint density at radius 3 is 2.20 bits per heavy atom. The normalized spacial score (nSPS) is 15.6. The highest BCUT2D eigenvalue weighted by Crippen LogP contribution is 2.17. The van der Waals surface area contributed by atoms with E-state index in [1.807, 2.05) is 6.92 Å². The molecule has 1 fully saturated rings. The molecule has 1 aliphatic rings. The van der Waals surface area contributed by atoms with Gasteiger partial charge in [0, 0.05) is 24.3 Å². The average molecular weight is 346 g/mol. The number of urea groups is 1. The number of carbonyl (C=O) groups is 2. The minimum atomic E-state index is -0.179. The molecule has 0 aromatic heterocycles. The summed E-state index contributed by atoms with van der Waals surface area (Å²) in [5.74, 6) is 0.536. The van der Waals surface area contributed by atoms with E-state index in [0.29, 0.717) is 18.0 Å². The highest BCUT2D eigenvalue weighted by molar-refractivity contribution is 5.92. The molecule has 3 N–H and O–H groups in total. The molecule has 0 atom stereocenters. The molecule has 1 heterocycles. The molecule has 1 aromatic rings. The predicted molar refractivity (Wildman–Crippen MR) is 102 cm³/mol. The maximum atomic E-state index is 12.0. The van der Waals surface area contributed by atoms with Gasteiger partial charge in [-0.05, 0) is 69.1 Å². The van der Waals surface area contributed by atoms with Gasteiger partial charge in [-0.2, -0.15) is 0 Å². The van der Waals surface area contributed by atoms with E-state index in [-0.39, 0.29) is 11.9 Å². The van der Waals surface area contributed by atoms with Gasteiger partial charge in [0.1, 0.15) is 0 Å². The van der Waals surface area contributed by atoms with Gasteiger partial charge in [-0.3, -0.25) is 4.79 Å². The Morgan fingerprint density at radius 2 is 1.64 bits per heavy atom. The lowest BCUT2D eigenvalue weighted by Crippen LogP contribution is -2.40. The van der Waals surface area contributed by atoms with Crippen molar-refractivity contribution < 1.29 is 9.59 Å². The summed E-state index contributed by atoms with van der Waals surface area (Å²) < 4.78 is 0. The molecular weight excluding hydrogens is 316 g/mol. The van der Waals surface area contributed by atoms with Crippen LogP contribution < -0.4 is 16.0 Å². The van der Waals surface area contributed by atoms with Crippen molar-refractivity contribution in [3.63, 3.8) is 0 Å². The molecule has 6 heteroatoms. The van der Waals surface area contributed by atoms with E-state index >= 15 is 0 Å². The zero-order valence-electron chi connectivity index (χ0n) is 15.3. The van der Waals surface area contributed by atoms with Gasteiger partial charge in [0.2, 0.25) is 5.91 Å². The fraction of sp³-hybridized carbons (Fsp3) is 0.579. The molecule has 0 spiro atoms. The fourth-order valence-corrected chi connectivity index (χ4v) is 3.03. The van der Waals surface area contributed by atoms with E-state index in [2.05, 4.69) is 27.8 Å². The van der Waals surface area contributed by atoms with Crippen LogP contribution in [0, 0.1) is 5.92 Å². The number of nitrogens with zero attached hydrogens (tertiary/aromatic N) is 1. The summed E-state index contributed by atoms with van der Waals surface area (Å²) in [4.78, 5) is 25.9. The second-order valence-electron chi connectivity index (χ2n) is 6.60. The van der Waals surface area contributed by atoms with Crippen LogP contribution in [0.2, 0.25) is 0 Å². The number of amides is 3. The van der Waals surface area contributed by atoms with Crippen molar-refractivity contribution in [3.05, 3.63) is 24.3 Å². The van der Waals surface area contributed by atoms with E-state index in [1.54, 1.807) is 24.3 Å². The molecule has 138 valence electrons. The summed E-state index contributed by atoms with van der Waals surface area (Å²) in [6, 6.07) is 6.96. The van der Waals surface area contributed by atoms with Crippen LogP contribution >= 0.6 is 0 Å². The highest BCUT2D eigenvalue weighted by atomic mass is 16.2. The number of anilines is 2. The molecular formula is C19H30N4O2. The monoisotopic (exact) mass is 346 g/mol. The summed E-state index contributed by atoms with van der Waals surface area (Å²) >= 11 is 0. The van der Waals surface area contributed by atoms with Gasteiger partial charge in [0.15, 0.2) is 0 Å². The molecule has 2 rings (SSSR count). The number of benzene rings is 1. The Bertz CT molecular complexity index is 551. The molecule has 25 heavy (non-hydrogen) atoms. The van der Waals surface area contributed by atoms with Crippen LogP contribution in [0.25, 0.3) is 0 Å². The van der Waals surface area contributed by atoms with E-state index in [4.69, 9.17) is 0 Å². The van der Waals surface area contributed by atoms with Gasteiger partial charge >= 0.3 is 6.03 Å². The number of rotatable bonds is 7. The first-order chi connectivity index (χ1) is 12.1. The zero-order chi connectivity index (χ0) is 18.1. The Morgan fingerprint density at radius 1 is 1.04 bits per heavy atom. The van der Waals surface area contributed by atoms with Crippen LogP contribution in [0.3, 0.4) is 0 Å². The Hall–Kier alpha value is -2.08. The van der Waals surface area contributed by atoms with Crippen molar-refractivity contribution in [2.75, 3.05) is 36.8 Å². The zero-order valence-corrected chi connectivity index (χ0v) is 15.3. The summed E-state index contributed by atoms with van der Waals surface area (Å²) in [5, 5.41) is 8.58. The average Bonchev–Trinajstić information content (AvgIpc) is 2.63. The van der Waals surface area contributed by atoms with Crippen molar-refractivity contribution in [2.24, 2.45) is 5.92 Å². The third-order valence-electron chi connectivity index (χ3n) is 4.55. The number of carbonyl (C=O) groups excluding carboxylic acids is 2.